The van der Waals surface area contributed by atoms with E-state index in [0.29, 0.717) is 35.5 Å². The zero-order chi connectivity index (χ0) is 35.5. The molecule has 0 unspecified atom stereocenters. The van der Waals surface area contributed by atoms with Crippen molar-refractivity contribution in [2.45, 2.75) is 79.1 Å². The molecule has 11 rings (SSSR count). The lowest BCUT2D eigenvalue weighted by molar-refractivity contribution is 0.705. The molecule has 0 heteroatoms. The maximum Gasteiger partial charge on any atom is 0.0200 e. The molecule has 0 atom stereocenters. The van der Waals surface area contributed by atoms with Gasteiger partial charge in [-0.15, -0.1) is 0 Å². The van der Waals surface area contributed by atoms with Crippen molar-refractivity contribution in [2.24, 2.45) is 11.8 Å². The third kappa shape index (κ3) is 3.59. The van der Waals surface area contributed by atoms with Crippen LogP contribution in [-0.4, -0.2) is 0 Å². The molecule has 0 spiro atoms. The molecule has 0 radical (unpaired) electrons. The average Bonchev–Trinajstić information content (AvgIpc) is 3.74. The number of allylic oxidation sites excluding steroid dienone is 8. The molecule has 6 aromatic carbocycles. The van der Waals surface area contributed by atoms with Crippen LogP contribution in [0.25, 0.3) is 88.0 Å². The lowest BCUT2D eigenvalue weighted by Crippen LogP contribution is -2.14. The number of rotatable bonds is 4. The quantitative estimate of drug-likeness (QED) is 0.175. The van der Waals surface area contributed by atoms with Gasteiger partial charge in [-0.25, -0.2) is 0 Å². The summed E-state index contributed by atoms with van der Waals surface area (Å²) >= 11 is 0. The Labute approximate surface area is 308 Å². The fourth-order valence-electron chi connectivity index (χ4n) is 11.6. The molecule has 5 aliphatic carbocycles. The Kier molecular flexibility index (Phi) is 6.10. The van der Waals surface area contributed by atoms with Gasteiger partial charge in [0.05, 0.1) is 0 Å². The molecule has 6 aromatic rings. The van der Waals surface area contributed by atoms with Crippen molar-refractivity contribution >= 4 is 43.5 Å². The van der Waals surface area contributed by atoms with Gasteiger partial charge in [0, 0.05) is 11.8 Å². The van der Waals surface area contributed by atoms with E-state index in [1.165, 1.54) is 121 Å². The van der Waals surface area contributed by atoms with Crippen LogP contribution in [0, 0.1) is 11.8 Å². The molecule has 0 saturated carbocycles. The van der Waals surface area contributed by atoms with Gasteiger partial charge in [-0.2, -0.15) is 0 Å². The molecule has 0 amide bonds. The highest BCUT2D eigenvalue weighted by Gasteiger charge is 2.42. The topological polar surface area (TPSA) is 0 Å². The first-order valence-corrected chi connectivity index (χ1v) is 19.8. The third-order valence-electron chi connectivity index (χ3n) is 13.3. The number of hydrogen-bond donors (Lipinski definition) is 0. The number of benzene rings is 6. The summed E-state index contributed by atoms with van der Waals surface area (Å²) in [4.78, 5) is 0. The van der Waals surface area contributed by atoms with Crippen molar-refractivity contribution in [3.8, 4) is 44.5 Å². The summed E-state index contributed by atoms with van der Waals surface area (Å²) < 4.78 is 0. The Balaban J connectivity index is 1.25. The van der Waals surface area contributed by atoms with Gasteiger partial charge in [0.25, 0.3) is 0 Å². The maximum absolute atomic E-state index is 2.62. The summed E-state index contributed by atoms with van der Waals surface area (Å²) in [5.74, 6) is 2.52. The Morgan fingerprint density at radius 1 is 0.404 bits per heavy atom. The van der Waals surface area contributed by atoms with Gasteiger partial charge in [-0.1, -0.05) is 140 Å². The molecule has 52 heavy (non-hydrogen) atoms. The number of hydrogen-bond acceptors (Lipinski definition) is 0. The first-order valence-electron chi connectivity index (χ1n) is 19.8. The van der Waals surface area contributed by atoms with Crippen molar-refractivity contribution < 1.29 is 0 Å². The predicted octanol–water partition coefficient (Wildman–Crippen LogP) is 15.1. The van der Waals surface area contributed by atoms with E-state index < -0.39 is 0 Å². The molecule has 0 fully saturated rings. The van der Waals surface area contributed by atoms with Gasteiger partial charge >= 0.3 is 0 Å². The van der Waals surface area contributed by atoms with Crippen LogP contribution in [0.5, 0.6) is 0 Å². The normalized spacial score (nSPS) is 18.4. The SMILES string of the molecule is CC(C)c1c2c(c(C(C)C)c3cc4c(cc13)-c1ccc3c5c(ccc-4c15)-c1c-3c(C(C)C)c3ccccc3c1C(C)C)C1=CC=CC3C=CC=C2C13. The van der Waals surface area contributed by atoms with Gasteiger partial charge in [-0.05, 0) is 157 Å². The lowest BCUT2D eigenvalue weighted by atomic mass is 9.77. The van der Waals surface area contributed by atoms with Crippen LogP contribution < -0.4 is 0 Å². The van der Waals surface area contributed by atoms with E-state index in [9.17, 15) is 0 Å². The molecule has 0 aromatic heterocycles. The first kappa shape index (κ1) is 30.7. The van der Waals surface area contributed by atoms with Gasteiger partial charge in [0.2, 0.25) is 0 Å². The Bertz CT molecular complexity index is 2600. The number of fused-ring (bicyclic) bond motifs is 11. The average molecular weight is 671 g/mol. The molecule has 0 nitrogen and oxygen atoms in total. The molecule has 0 bridgehead atoms. The fraction of sp³-hybridized carbons (Fsp3) is 0.269. The molecular formula is C52H46. The summed E-state index contributed by atoms with van der Waals surface area (Å²) in [6.45, 7) is 19.2. The van der Waals surface area contributed by atoms with E-state index >= 15 is 0 Å². The van der Waals surface area contributed by atoms with Crippen LogP contribution in [0.4, 0.5) is 0 Å². The van der Waals surface area contributed by atoms with E-state index in [4.69, 9.17) is 0 Å². The lowest BCUT2D eigenvalue weighted by Gasteiger charge is -2.26. The minimum Gasteiger partial charge on any atom is -0.0767 e. The van der Waals surface area contributed by atoms with Gasteiger partial charge in [0.1, 0.15) is 0 Å². The van der Waals surface area contributed by atoms with Crippen molar-refractivity contribution in [2.75, 3.05) is 0 Å². The van der Waals surface area contributed by atoms with Crippen LogP contribution in [0.3, 0.4) is 0 Å². The molecule has 0 aliphatic heterocycles. The summed E-state index contributed by atoms with van der Waals surface area (Å²) in [5.41, 5.74) is 23.6. The van der Waals surface area contributed by atoms with Crippen molar-refractivity contribution in [1.29, 1.82) is 0 Å². The second-order valence-electron chi connectivity index (χ2n) is 17.4. The molecule has 0 saturated heterocycles. The van der Waals surface area contributed by atoms with Crippen molar-refractivity contribution in [1.82, 2.24) is 0 Å². The summed E-state index contributed by atoms with van der Waals surface area (Å²) in [5, 5.41) is 8.67. The third-order valence-corrected chi connectivity index (χ3v) is 13.3. The molecule has 5 aliphatic rings. The molecule has 254 valence electrons. The van der Waals surface area contributed by atoms with Gasteiger partial charge in [-0.3, -0.25) is 0 Å². The van der Waals surface area contributed by atoms with E-state index in [1.54, 1.807) is 0 Å². The van der Waals surface area contributed by atoms with E-state index in [1.807, 2.05) is 0 Å². The van der Waals surface area contributed by atoms with Crippen LogP contribution >= 0.6 is 0 Å². The first-order chi connectivity index (χ1) is 25.2. The molecule has 0 heterocycles. The van der Waals surface area contributed by atoms with Gasteiger partial charge < -0.3 is 0 Å². The second-order valence-corrected chi connectivity index (χ2v) is 17.4. The Morgan fingerprint density at radius 2 is 0.788 bits per heavy atom. The minimum absolute atomic E-state index is 0.405. The summed E-state index contributed by atoms with van der Waals surface area (Å²) in [6, 6.07) is 24.3. The largest absolute Gasteiger partial charge is 0.0767 e. The van der Waals surface area contributed by atoms with Crippen molar-refractivity contribution in [3.63, 3.8) is 0 Å². The van der Waals surface area contributed by atoms with Crippen LogP contribution in [0.15, 0.2) is 97.1 Å². The fourth-order valence-corrected chi connectivity index (χ4v) is 11.6. The monoisotopic (exact) mass is 670 g/mol. The van der Waals surface area contributed by atoms with Crippen LogP contribution in [0.1, 0.15) is 112 Å². The van der Waals surface area contributed by atoms with Gasteiger partial charge in [0.15, 0.2) is 0 Å². The predicted molar refractivity (Wildman–Crippen MR) is 225 cm³/mol. The summed E-state index contributed by atoms with van der Waals surface area (Å²) in [6.07, 6.45) is 14.3. The molecular weight excluding hydrogens is 625 g/mol. The van der Waals surface area contributed by atoms with E-state index in [-0.39, 0.29) is 0 Å². The molecule has 0 N–H and O–H groups in total. The zero-order valence-electron chi connectivity index (χ0n) is 31.7. The highest BCUT2D eigenvalue weighted by molar-refractivity contribution is 6.29. The zero-order valence-corrected chi connectivity index (χ0v) is 31.7. The standard InChI is InChI=1S/C52H46/c1-25(2)42-30-15-9-10-16-31(30)43(26(3)4)52-37-22-20-33-39-24-41-40(23-38(39)32-19-21-36(51(42)52)48(37)47(32)33)44(27(5)6)49-34-17-11-13-29-14-12-18-35(46(29)34)50(49)45(41)28(7)8/h9-29,46H,1-8H3. The van der Waals surface area contributed by atoms with Crippen LogP contribution in [0.2, 0.25) is 0 Å². The highest BCUT2D eigenvalue weighted by Crippen LogP contribution is 2.62. The summed E-state index contributed by atoms with van der Waals surface area (Å²) in [7, 11) is 0. The highest BCUT2D eigenvalue weighted by atomic mass is 14.5. The van der Waals surface area contributed by atoms with E-state index in [0.717, 1.165) is 0 Å². The van der Waals surface area contributed by atoms with Crippen LogP contribution in [-0.2, 0) is 0 Å². The smallest absolute Gasteiger partial charge is 0.0200 e. The maximum atomic E-state index is 2.62. The second kappa shape index (κ2) is 10.3. The van der Waals surface area contributed by atoms with E-state index in [2.05, 4.69) is 153 Å². The Morgan fingerprint density at radius 3 is 1.21 bits per heavy atom. The Hall–Kier alpha value is -4.94. The van der Waals surface area contributed by atoms with Crippen molar-refractivity contribution in [3.05, 3.63) is 131 Å². The minimum atomic E-state index is 0.405.